The zero-order chi connectivity index (χ0) is 21.8. The zero-order valence-electron chi connectivity index (χ0n) is 17.0. The molecule has 1 atom stereocenters. The Kier molecular flexibility index (Phi) is 6.74. The molecule has 0 saturated heterocycles. The number of hydrogen-bond acceptors (Lipinski definition) is 5. The van der Waals surface area contributed by atoms with Gasteiger partial charge in [-0.25, -0.2) is 9.18 Å². The lowest BCUT2D eigenvalue weighted by Gasteiger charge is -2.18. The van der Waals surface area contributed by atoms with Crippen LogP contribution in [0.2, 0.25) is 0 Å². The van der Waals surface area contributed by atoms with Gasteiger partial charge in [0.15, 0.2) is 6.10 Å². The van der Waals surface area contributed by atoms with Crippen molar-refractivity contribution in [2.75, 3.05) is 12.4 Å². The number of hydrogen-bond donors (Lipinski definition) is 1. The van der Waals surface area contributed by atoms with Gasteiger partial charge in [0.1, 0.15) is 11.6 Å². The number of rotatable bonds is 6. The molecule has 1 amide bonds. The van der Waals surface area contributed by atoms with E-state index in [0.29, 0.717) is 11.3 Å². The van der Waals surface area contributed by atoms with Crippen LogP contribution in [-0.4, -0.2) is 30.9 Å². The number of nitrogens with one attached hydrogen (secondary N) is 1. The van der Waals surface area contributed by atoms with Crippen molar-refractivity contribution in [1.29, 1.82) is 0 Å². The van der Waals surface area contributed by atoms with Crippen molar-refractivity contribution < 1.29 is 28.2 Å². The van der Waals surface area contributed by atoms with Crippen molar-refractivity contribution >= 4 is 23.3 Å². The van der Waals surface area contributed by atoms with Crippen molar-refractivity contribution in [3.8, 4) is 5.75 Å². The van der Waals surface area contributed by atoms with E-state index < -0.39 is 29.1 Å². The average Bonchev–Trinajstić information content (AvgIpc) is 2.66. The normalized spacial score (nSPS) is 12.1. The number of esters is 1. The number of Topliss-reactive ketones (excluding diaryl/α,β-unsaturated/α-hetero) is 1. The molecule has 29 heavy (non-hydrogen) atoms. The standard InChI is InChI=1S/C22H24FNO5/c1-13(29-20(26)17-11-10-16(28-5)12-18(17)23)19(25)14-6-8-15(9-7-14)24-21(27)22(2,3)4/h6-13H,1-5H3,(H,24,27)/t13-/m0/s1. The molecule has 0 aliphatic carbocycles. The van der Waals surface area contributed by atoms with Gasteiger partial charge < -0.3 is 14.8 Å². The predicted octanol–water partition coefficient (Wildman–Crippen LogP) is 4.25. The smallest absolute Gasteiger partial charge is 0.341 e. The van der Waals surface area contributed by atoms with Crippen molar-refractivity contribution in [3.63, 3.8) is 0 Å². The largest absolute Gasteiger partial charge is 0.497 e. The van der Waals surface area contributed by atoms with E-state index in [1.807, 2.05) is 0 Å². The number of methoxy groups -OCH3 is 1. The number of ether oxygens (including phenoxy) is 2. The molecule has 154 valence electrons. The number of amides is 1. The minimum Gasteiger partial charge on any atom is -0.497 e. The first kappa shape index (κ1) is 22.1. The van der Waals surface area contributed by atoms with E-state index in [0.717, 1.165) is 6.07 Å². The Morgan fingerprint density at radius 1 is 1.03 bits per heavy atom. The number of carbonyl (C=O) groups excluding carboxylic acids is 3. The highest BCUT2D eigenvalue weighted by molar-refractivity contribution is 6.02. The Labute approximate surface area is 169 Å². The number of halogens is 1. The van der Waals surface area contributed by atoms with Gasteiger partial charge in [-0.15, -0.1) is 0 Å². The van der Waals surface area contributed by atoms with E-state index in [9.17, 15) is 18.8 Å². The summed E-state index contributed by atoms with van der Waals surface area (Å²) < 4.78 is 24.0. The molecule has 1 N–H and O–H groups in total. The van der Waals surface area contributed by atoms with Crippen LogP contribution in [0.4, 0.5) is 10.1 Å². The van der Waals surface area contributed by atoms with Gasteiger partial charge in [-0.05, 0) is 43.3 Å². The summed E-state index contributed by atoms with van der Waals surface area (Å²) in [5, 5.41) is 2.76. The van der Waals surface area contributed by atoms with Crippen molar-refractivity contribution in [3.05, 3.63) is 59.4 Å². The summed E-state index contributed by atoms with van der Waals surface area (Å²) in [6.45, 7) is 6.79. The van der Waals surface area contributed by atoms with E-state index in [2.05, 4.69) is 5.32 Å². The van der Waals surface area contributed by atoms with Crippen LogP contribution >= 0.6 is 0 Å². The molecule has 2 aromatic rings. The molecule has 0 saturated carbocycles. The van der Waals surface area contributed by atoms with Crippen LogP contribution in [0, 0.1) is 11.2 Å². The van der Waals surface area contributed by atoms with Crippen LogP contribution in [-0.2, 0) is 9.53 Å². The van der Waals surface area contributed by atoms with Crippen LogP contribution in [0.1, 0.15) is 48.4 Å². The molecule has 0 aromatic heterocycles. The number of anilines is 1. The highest BCUT2D eigenvalue weighted by Gasteiger charge is 2.23. The second-order valence-electron chi connectivity index (χ2n) is 7.54. The molecule has 0 bridgehead atoms. The van der Waals surface area contributed by atoms with Crippen LogP contribution in [0.3, 0.4) is 0 Å². The lowest BCUT2D eigenvalue weighted by atomic mass is 9.95. The summed E-state index contributed by atoms with van der Waals surface area (Å²) in [4.78, 5) is 36.7. The van der Waals surface area contributed by atoms with Crippen molar-refractivity contribution in [2.24, 2.45) is 5.41 Å². The third-order valence-corrected chi connectivity index (χ3v) is 4.16. The highest BCUT2D eigenvalue weighted by atomic mass is 19.1. The molecule has 0 spiro atoms. The Morgan fingerprint density at radius 3 is 2.17 bits per heavy atom. The second kappa shape index (κ2) is 8.86. The molecular weight excluding hydrogens is 377 g/mol. The van der Waals surface area contributed by atoms with Gasteiger partial charge in [0.2, 0.25) is 11.7 Å². The summed E-state index contributed by atoms with van der Waals surface area (Å²) in [5.41, 5.74) is 0.0138. The molecule has 7 heteroatoms. The fourth-order valence-corrected chi connectivity index (χ4v) is 2.34. The monoisotopic (exact) mass is 401 g/mol. The van der Waals surface area contributed by atoms with Crippen LogP contribution < -0.4 is 10.1 Å². The number of ketones is 1. The van der Waals surface area contributed by atoms with Crippen molar-refractivity contribution in [2.45, 2.75) is 33.8 Å². The molecule has 0 radical (unpaired) electrons. The van der Waals surface area contributed by atoms with Gasteiger partial charge in [0, 0.05) is 22.7 Å². The number of benzene rings is 2. The maximum atomic E-state index is 14.0. The first-order valence-electron chi connectivity index (χ1n) is 9.03. The molecule has 0 heterocycles. The molecule has 0 fully saturated rings. The predicted molar refractivity (Wildman–Crippen MR) is 107 cm³/mol. The Balaban J connectivity index is 2.04. The second-order valence-corrected chi connectivity index (χ2v) is 7.54. The van der Waals surface area contributed by atoms with E-state index in [4.69, 9.17) is 9.47 Å². The van der Waals surface area contributed by atoms with E-state index in [1.54, 1.807) is 32.9 Å². The molecule has 2 rings (SSSR count). The van der Waals surface area contributed by atoms with Gasteiger partial charge in [0.05, 0.1) is 12.7 Å². The maximum absolute atomic E-state index is 14.0. The molecular formula is C22H24FNO5. The first-order chi connectivity index (χ1) is 13.5. The first-order valence-corrected chi connectivity index (χ1v) is 9.03. The van der Waals surface area contributed by atoms with Gasteiger partial charge in [-0.3, -0.25) is 9.59 Å². The summed E-state index contributed by atoms with van der Waals surface area (Å²) in [6, 6.07) is 9.96. The van der Waals surface area contributed by atoms with E-state index in [-0.39, 0.29) is 17.2 Å². The quantitative estimate of drug-likeness (QED) is 0.578. The third kappa shape index (κ3) is 5.63. The zero-order valence-corrected chi connectivity index (χ0v) is 17.0. The fourth-order valence-electron chi connectivity index (χ4n) is 2.34. The Hall–Kier alpha value is -3.22. The Morgan fingerprint density at radius 2 is 1.66 bits per heavy atom. The summed E-state index contributed by atoms with van der Waals surface area (Å²) in [7, 11) is 1.38. The summed E-state index contributed by atoms with van der Waals surface area (Å²) in [5.74, 6) is -2.07. The van der Waals surface area contributed by atoms with Gasteiger partial charge in [-0.2, -0.15) is 0 Å². The SMILES string of the molecule is COc1ccc(C(=O)O[C@@H](C)C(=O)c2ccc(NC(=O)C(C)(C)C)cc2)c(F)c1. The minimum atomic E-state index is -1.11. The minimum absolute atomic E-state index is 0.152. The van der Waals surface area contributed by atoms with Crippen LogP contribution in [0.15, 0.2) is 42.5 Å². The summed E-state index contributed by atoms with van der Waals surface area (Å²) >= 11 is 0. The molecule has 0 aliphatic heterocycles. The lowest BCUT2D eigenvalue weighted by Crippen LogP contribution is -2.27. The fraction of sp³-hybridized carbons (Fsp3) is 0.318. The Bertz CT molecular complexity index is 916. The van der Waals surface area contributed by atoms with Gasteiger partial charge >= 0.3 is 5.97 Å². The van der Waals surface area contributed by atoms with Crippen LogP contribution in [0.5, 0.6) is 5.75 Å². The van der Waals surface area contributed by atoms with Gasteiger partial charge in [0.25, 0.3) is 0 Å². The van der Waals surface area contributed by atoms with E-state index in [1.165, 1.54) is 38.3 Å². The molecule has 2 aromatic carbocycles. The summed E-state index contributed by atoms with van der Waals surface area (Å²) in [6.07, 6.45) is -1.11. The third-order valence-electron chi connectivity index (χ3n) is 4.16. The molecule has 0 aliphatic rings. The van der Waals surface area contributed by atoms with Crippen molar-refractivity contribution in [1.82, 2.24) is 0 Å². The number of carbonyl (C=O) groups is 3. The molecule has 6 nitrogen and oxygen atoms in total. The van der Waals surface area contributed by atoms with E-state index >= 15 is 0 Å². The topological polar surface area (TPSA) is 81.7 Å². The average molecular weight is 401 g/mol. The highest BCUT2D eigenvalue weighted by Crippen LogP contribution is 2.20. The lowest BCUT2D eigenvalue weighted by molar-refractivity contribution is -0.123. The van der Waals surface area contributed by atoms with Crippen LogP contribution in [0.25, 0.3) is 0 Å². The maximum Gasteiger partial charge on any atom is 0.341 e. The van der Waals surface area contributed by atoms with Gasteiger partial charge in [-0.1, -0.05) is 20.8 Å². The molecule has 0 unspecified atom stereocenters.